The quantitative estimate of drug-likeness (QED) is 0.631. The fourth-order valence-electron chi connectivity index (χ4n) is 8.83. The minimum Gasteiger partial charge on any atom is -0.295 e. The zero-order chi connectivity index (χ0) is 17.2. The van der Waals surface area contributed by atoms with Gasteiger partial charge in [0.05, 0.1) is 12.0 Å². The van der Waals surface area contributed by atoms with Crippen LogP contribution in [0.2, 0.25) is 0 Å². The Morgan fingerprint density at radius 2 is 1.92 bits per heavy atom. The van der Waals surface area contributed by atoms with Crippen molar-refractivity contribution >= 4 is 5.78 Å². The molecule has 1 spiro atoms. The Labute approximate surface area is 151 Å². The number of fused-ring (bicyclic) bond motifs is 8. The van der Waals surface area contributed by atoms with Crippen molar-refractivity contribution in [3.05, 3.63) is 11.6 Å². The molecule has 6 aliphatic carbocycles. The SMILES string of the molecule is C[C@]12CC[C@H]3[C@@H](CC4(CC4)C4=CC(=O)CC[C@@]43C)[C@@H]1[C@@H]1C[C@@H]1[C@@H]2C#N. The molecule has 0 radical (unpaired) electrons. The van der Waals surface area contributed by atoms with Crippen LogP contribution >= 0.6 is 0 Å². The fraction of sp³-hybridized carbons (Fsp3) is 0.826. The van der Waals surface area contributed by atoms with Gasteiger partial charge < -0.3 is 0 Å². The Morgan fingerprint density at radius 3 is 2.64 bits per heavy atom. The molecule has 0 unspecified atom stereocenters. The molecule has 0 aromatic heterocycles. The smallest absolute Gasteiger partial charge is 0.155 e. The molecule has 25 heavy (non-hydrogen) atoms. The van der Waals surface area contributed by atoms with Crippen molar-refractivity contribution < 1.29 is 4.79 Å². The molecule has 0 heterocycles. The molecule has 0 aromatic carbocycles. The summed E-state index contributed by atoms with van der Waals surface area (Å²) in [5.41, 5.74) is 2.48. The summed E-state index contributed by atoms with van der Waals surface area (Å²) in [7, 11) is 0. The van der Waals surface area contributed by atoms with Crippen molar-refractivity contribution in [1.82, 2.24) is 0 Å². The third-order valence-electron chi connectivity index (χ3n) is 10.0. The van der Waals surface area contributed by atoms with E-state index in [0.717, 1.165) is 36.5 Å². The molecule has 6 aliphatic rings. The molecule has 2 heteroatoms. The standard InChI is InChI=1S/C23H29NO/c1-21-5-3-13(25)9-19(21)23(7-8-23)11-16-17(21)4-6-22(2)18(12-24)14-10-15(14)20(16)22/h9,14-18,20H,3-8,10-11H2,1-2H3/t14-,15+,16+,17-,18-,20-,21+,22+/m0/s1. The first-order valence-electron chi connectivity index (χ1n) is 10.6. The van der Waals surface area contributed by atoms with Crippen molar-refractivity contribution in [3.63, 3.8) is 0 Å². The lowest BCUT2D eigenvalue weighted by Crippen LogP contribution is -2.54. The van der Waals surface area contributed by atoms with Crippen LogP contribution in [0.5, 0.6) is 0 Å². The van der Waals surface area contributed by atoms with Crippen LogP contribution in [0.3, 0.4) is 0 Å². The molecule has 0 bridgehead atoms. The number of hydrogen-bond donors (Lipinski definition) is 0. The maximum atomic E-state index is 12.2. The van der Waals surface area contributed by atoms with Gasteiger partial charge in [-0.1, -0.05) is 19.4 Å². The highest BCUT2D eigenvalue weighted by atomic mass is 16.1. The second kappa shape index (κ2) is 4.24. The first-order valence-corrected chi connectivity index (χ1v) is 10.6. The highest BCUT2D eigenvalue weighted by Crippen LogP contribution is 2.79. The van der Waals surface area contributed by atoms with Gasteiger partial charge in [-0.15, -0.1) is 0 Å². The lowest BCUT2D eigenvalue weighted by atomic mass is 9.43. The van der Waals surface area contributed by atoms with Gasteiger partial charge in [-0.2, -0.15) is 5.26 Å². The lowest BCUT2D eigenvalue weighted by Gasteiger charge is -2.60. The second-order valence-electron chi connectivity index (χ2n) is 10.9. The molecule has 6 rings (SSSR count). The second-order valence-corrected chi connectivity index (χ2v) is 10.9. The van der Waals surface area contributed by atoms with Crippen molar-refractivity contribution in [3.8, 4) is 6.07 Å². The zero-order valence-corrected chi connectivity index (χ0v) is 15.6. The molecule has 0 amide bonds. The number of allylic oxidation sites excluding steroid dienone is 1. The van der Waals surface area contributed by atoms with Gasteiger partial charge in [0.1, 0.15) is 0 Å². The van der Waals surface area contributed by atoms with E-state index in [2.05, 4.69) is 26.0 Å². The van der Waals surface area contributed by atoms with Crippen molar-refractivity contribution in [2.45, 2.75) is 65.2 Å². The topological polar surface area (TPSA) is 40.9 Å². The van der Waals surface area contributed by atoms with Crippen LogP contribution in [0.4, 0.5) is 0 Å². The van der Waals surface area contributed by atoms with Gasteiger partial charge in [0.2, 0.25) is 0 Å². The van der Waals surface area contributed by atoms with Gasteiger partial charge in [-0.05, 0) is 96.9 Å². The van der Waals surface area contributed by atoms with E-state index in [9.17, 15) is 10.1 Å². The zero-order valence-electron chi connectivity index (χ0n) is 15.6. The van der Waals surface area contributed by atoms with Crippen LogP contribution in [-0.2, 0) is 4.79 Å². The van der Waals surface area contributed by atoms with Crippen LogP contribution in [-0.4, -0.2) is 5.78 Å². The fourth-order valence-corrected chi connectivity index (χ4v) is 8.83. The number of carbonyl (C=O) groups excluding carboxylic acids is 1. The molecule has 0 aliphatic heterocycles. The molecule has 132 valence electrons. The van der Waals surface area contributed by atoms with Gasteiger partial charge in [0, 0.05) is 6.42 Å². The minimum absolute atomic E-state index is 0.268. The van der Waals surface area contributed by atoms with E-state index >= 15 is 0 Å². The molecular formula is C23H29NO. The Bertz CT molecular complexity index is 755. The van der Waals surface area contributed by atoms with Gasteiger partial charge in [0.15, 0.2) is 5.78 Å². The monoisotopic (exact) mass is 335 g/mol. The number of carbonyl (C=O) groups is 1. The van der Waals surface area contributed by atoms with Gasteiger partial charge in [-0.3, -0.25) is 4.79 Å². The molecule has 8 atom stereocenters. The van der Waals surface area contributed by atoms with Crippen LogP contribution in [0, 0.1) is 63.1 Å². The minimum atomic E-state index is 0.268. The molecule has 0 aromatic rings. The number of rotatable bonds is 0. The predicted molar refractivity (Wildman–Crippen MR) is 95.2 cm³/mol. The van der Waals surface area contributed by atoms with Crippen LogP contribution < -0.4 is 0 Å². The number of nitrogens with zero attached hydrogens (tertiary/aromatic N) is 1. The lowest BCUT2D eigenvalue weighted by molar-refractivity contribution is -0.118. The first kappa shape index (κ1) is 15.0. The summed E-state index contributed by atoms with van der Waals surface area (Å²) in [5, 5.41) is 9.85. The third-order valence-corrected chi connectivity index (χ3v) is 10.0. The van der Waals surface area contributed by atoms with E-state index in [1.165, 1.54) is 38.5 Å². The summed E-state index contributed by atoms with van der Waals surface area (Å²) in [6.07, 6.45) is 11.7. The maximum absolute atomic E-state index is 12.2. The summed E-state index contributed by atoms with van der Waals surface area (Å²) >= 11 is 0. The molecule has 0 N–H and O–H groups in total. The first-order chi connectivity index (χ1) is 11.9. The Kier molecular flexibility index (Phi) is 2.54. The summed E-state index contributed by atoms with van der Waals surface area (Å²) in [5.74, 6) is 4.61. The highest BCUT2D eigenvalue weighted by molar-refractivity contribution is 5.92. The Hall–Kier alpha value is -1.10. The van der Waals surface area contributed by atoms with E-state index in [1.54, 1.807) is 5.57 Å². The molecule has 0 saturated heterocycles. The van der Waals surface area contributed by atoms with Crippen LogP contribution in [0.1, 0.15) is 65.2 Å². The van der Waals surface area contributed by atoms with Gasteiger partial charge in [-0.25, -0.2) is 0 Å². The maximum Gasteiger partial charge on any atom is 0.155 e. The number of ketones is 1. The molecule has 5 fully saturated rings. The molecular weight excluding hydrogens is 306 g/mol. The van der Waals surface area contributed by atoms with Crippen LogP contribution in [0.15, 0.2) is 11.6 Å². The van der Waals surface area contributed by atoms with E-state index in [4.69, 9.17) is 0 Å². The predicted octanol–water partition coefficient (Wildman–Crippen LogP) is 4.90. The summed E-state index contributed by atoms with van der Waals surface area (Å²) < 4.78 is 0. The average molecular weight is 335 g/mol. The Morgan fingerprint density at radius 1 is 1.12 bits per heavy atom. The summed E-state index contributed by atoms with van der Waals surface area (Å²) in [6, 6.07) is 2.74. The van der Waals surface area contributed by atoms with Gasteiger partial charge >= 0.3 is 0 Å². The van der Waals surface area contributed by atoms with Crippen molar-refractivity contribution in [1.29, 1.82) is 5.26 Å². The number of nitriles is 1. The summed E-state index contributed by atoms with van der Waals surface area (Å²) in [4.78, 5) is 12.2. The van der Waals surface area contributed by atoms with E-state index in [0.29, 0.717) is 23.0 Å². The van der Waals surface area contributed by atoms with E-state index in [1.807, 2.05) is 0 Å². The molecule has 2 nitrogen and oxygen atoms in total. The van der Waals surface area contributed by atoms with E-state index < -0.39 is 0 Å². The molecule has 5 saturated carbocycles. The summed E-state index contributed by atoms with van der Waals surface area (Å²) in [6.45, 7) is 4.97. The van der Waals surface area contributed by atoms with E-state index in [-0.39, 0.29) is 10.8 Å². The largest absolute Gasteiger partial charge is 0.295 e. The third kappa shape index (κ3) is 1.61. The van der Waals surface area contributed by atoms with Gasteiger partial charge in [0.25, 0.3) is 0 Å². The normalized spacial score (nSPS) is 56.8. The Balaban J connectivity index is 1.46. The van der Waals surface area contributed by atoms with Crippen LogP contribution in [0.25, 0.3) is 0 Å². The van der Waals surface area contributed by atoms with Crippen molar-refractivity contribution in [2.75, 3.05) is 0 Å². The van der Waals surface area contributed by atoms with Crippen molar-refractivity contribution in [2.24, 2.45) is 51.8 Å². The number of hydrogen-bond acceptors (Lipinski definition) is 2. The average Bonchev–Trinajstić information content (AvgIpc) is 3.48. The highest BCUT2D eigenvalue weighted by Gasteiger charge is 2.73.